The molecule has 3 N–H and O–H groups in total. The van der Waals surface area contributed by atoms with Gasteiger partial charge in [0.15, 0.2) is 5.82 Å². The molecule has 20 heavy (non-hydrogen) atoms. The second kappa shape index (κ2) is 5.34. The molecule has 0 atom stereocenters. The standard InChI is InChI=1S/C14H16N4O2/c1-20-14(19)9-3-2-4-10(7-9)16-13-11-8-15-6-5-12(11)17-18-13/h2-4,7,15H,5-6,8H2,1H3,(H2,16,17,18). The lowest BCUT2D eigenvalue weighted by molar-refractivity contribution is 0.0601. The van der Waals surface area contributed by atoms with Crippen molar-refractivity contribution in [3.63, 3.8) is 0 Å². The van der Waals surface area contributed by atoms with E-state index >= 15 is 0 Å². The summed E-state index contributed by atoms with van der Waals surface area (Å²) in [4.78, 5) is 11.5. The fourth-order valence-electron chi connectivity index (χ4n) is 2.31. The largest absolute Gasteiger partial charge is 0.465 e. The third kappa shape index (κ3) is 2.37. The Hall–Kier alpha value is -2.34. The van der Waals surface area contributed by atoms with Crippen molar-refractivity contribution in [1.29, 1.82) is 0 Å². The number of nitrogens with one attached hydrogen (secondary N) is 3. The molecular formula is C14H16N4O2. The van der Waals surface area contributed by atoms with E-state index in [9.17, 15) is 4.79 Å². The molecule has 0 amide bonds. The summed E-state index contributed by atoms with van der Waals surface area (Å²) in [6.45, 7) is 1.76. The first-order valence-electron chi connectivity index (χ1n) is 6.50. The van der Waals surface area contributed by atoms with E-state index in [4.69, 9.17) is 4.74 Å². The molecule has 6 heteroatoms. The molecule has 0 fully saturated rings. The lowest BCUT2D eigenvalue weighted by Crippen LogP contribution is -2.23. The average Bonchev–Trinajstić information content (AvgIpc) is 2.90. The van der Waals surface area contributed by atoms with Gasteiger partial charge in [0.25, 0.3) is 0 Å². The molecule has 3 rings (SSSR count). The van der Waals surface area contributed by atoms with Crippen LogP contribution >= 0.6 is 0 Å². The van der Waals surface area contributed by atoms with Crippen molar-refractivity contribution >= 4 is 17.5 Å². The maximum Gasteiger partial charge on any atom is 0.337 e. The molecule has 0 saturated heterocycles. The van der Waals surface area contributed by atoms with Gasteiger partial charge >= 0.3 is 5.97 Å². The number of benzene rings is 1. The van der Waals surface area contributed by atoms with Gasteiger partial charge in [0.05, 0.1) is 12.7 Å². The summed E-state index contributed by atoms with van der Waals surface area (Å²) in [5, 5.41) is 13.9. The Morgan fingerprint density at radius 3 is 3.20 bits per heavy atom. The number of nitrogens with zero attached hydrogens (tertiary/aromatic N) is 1. The number of aromatic nitrogens is 2. The summed E-state index contributed by atoms with van der Waals surface area (Å²) < 4.78 is 4.72. The van der Waals surface area contributed by atoms with Gasteiger partial charge in [0.1, 0.15) is 0 Å². The third-order valence-electron chi connectivity index (χ3n) is 3.35. The Morgan fingerprint density at radius 1 is 1.45 bits per heavy atom. The first-order chi connectivity index (χ1) is 9.78. The summed E-state index contributed by atoms with van der Waals surface area (Å²) >= 11 is 0. The Balaban J connectivity index is 1.84. The van der Waals surface area contributed by atoms with Crippen molar-refractivity contribution in [3.05, 3.63) is 41.1 Å². The van der Waals surface area contributed by atoms with Crippen LogP contribution in [0.15, 0.2) is 24.3 Å². The Labute approximate surface area is 116 Å². The number of hydrogen-bond acceptors (Lipinski definition) is 5. The molecule has 104 valence electrons. The first kappa shape index (κ1) is 12.7. The van der Waals surface area contributed by atoms with Gasteiger partial charge in [0.2, 0.25) is 0 Å². The van der Waals surface area contributed by atoms with Gasteiger partial charge in [-0.05, 0) is 18.2 Å². The molecule has 2 heterocycles. The molecule has 1 aromatic carbocycles. The molecule has 0 unspecified atom stereocenters. The Bertz CT molecular complexity index is 636. The van der Waals surface area contributed by atoms with Crippen LogP contribution in [-0.4, -0.2) is 29.8 Å². The number of hydrogen-bond donors (Lipinski definition) is 3. The number of H-pyrrole nitrogens is 1. The second-order valence-corrected chi connectivity index (χ2v) is 4.65. The van der Waals surface area contributed by atoms with Crippen LogP contribution in [0.4, 0.5) is 11.5 Å². The van der Waals surface area contributed by atoms with Crippen molar-refractivity contribution in [1.82, 2.24) is 15.5 Å². The Morgan fingerprint density at radius 2 is 2.35 bits per heavy atom. The van der Waals surface area contributed by atoms with Crippen LogP contribution in [0.25, 0.3) is 0 Å². The highest BCUT2D eigenvalue weighted by molar-refractivity contribution is 5.90. The highest BCUT2D eigenvalue weighted by Gasteiger charge is 2.16. The van der Waals surface area contributed by atoms with Crippen LogP contribution in [-0.2, 0) is 17.7 Å². The molecule has 0 aliphatic carbocycles. The summed E-state index contributed by atoms with van der Waals surface area (Å²) in [5.74, 6) is 0.452. The summed E-state index contributed by atoms with van der Waals surface area (Å²) in [6, 6.07) is 7.18. The lowest BCUT2D eigenvalue weighted by atomic mass is 10.1. The molecule has 6 nitrogen and oxygen atoms in total. The monoisotopic (exact) mass is 272 g/mol. The molecular weight excluding hydrogens is 256 g/mol. The van der Waals surface area contributed by atoms with E-state index in [-0.39, 0.29) is 5.97 Å². The summed E-state index contributed by atoms with van der Waals surface area (Å²) in [6.07, 6.45) is 0.951. The number of carbonyl (C=O) groups excluding carboxylic acids is 1. The quantitative estimate of drug-likeness (QED) is 0.739. The number of carbonyl (C=O) groups is 1. The number of ether oxygens (including phenoxy) is 1. The number of fused-ring (bicyclic) bond motifs is 1. The highest BCUT2D eigenvalue weighted by atomic mass is 16.5. The molecule has 0 spiro atoms. The maximum absolute atomic E-state index is 11.5. The molecule has 2 aromatic rings. The van der Waals surface area contributed by atoms with Crippen LogP contribution in [0.1, 0.15) is 21.6 Å². The summed E-state index contributed by atoms with van der Waals surface area (Å²) in [5.41, 5.74) is 3.64. The minimum atomic E-state index is -0.348. The summed E-state index contributed by atoms with van der Waals surface area (Å²) in [7, 11) is 1.37. The van der Waals surface area contributed by atoms with Gasteiger partial charge in [-0.2, -0.15) is 5.10 Å². The van der Waals surface area contributed by atoms with E-state index in [0.29, 0.717) is 5.56 Å². The van der Waals surface area contributed by atoms with Crippen molar-refractivity contribution in [2.75, 3.05) is 19.0 Å². The van der Waals surface area contributed by atoms with Gasteiger partial charge in [-0.25, -0.2) is 4.79 Å². The number of esters is 1. The maximum atomic E-state index is 11.5. The van der Waals surface area contributed by atoms with E-state index in [1.807, 2.05) is 12.1 Å². The second-order valence-electron chi connectivity index (χ2n) is 4.65. The molecule has 1 aliphatic heterocycles. The van der Waals surface area contributed by atoms with Gasteiger partial charge in [-0.3, -0.25) is 5.10 Å². The van der Waals surface area contributed by atoms with Gasteiger partial charge in [0, 0.05) is 36.5 Å². The van der Waals surface area contributed by atoms with Crippen molar-refractivity contribution in [3.8, 4) is 0 Å². The molecule has 0 radical (unpaired) electrons. The number of rotatable bonds is 3. The molecule has 1 aliphatic rings. The fourth-order valence-corrected chi connectivity index (χ4v) is 2.31. The number of methoxy groups -OCH3 is 1. The lowest BCUT2D eigenvalue weighted by Gasteiger charge is -2.13. The normalized spacial score (nSPS) is 13.7. The van der Waals surface area contributed by atoms with Crippen LogP contribution in [0.5, 0.6) is 0 Å². The zero-order chi connectivity index (χ0) is 13.9. The highest BCUT2D eigenvalue weighted by Crippen LogP contribution is 2.24. The first-order valence-corrected chi connectivity index (χ1v) is 6.50. The minimum Gasteiger partial charge on any atom is -0.465 e. The zero-order valence-corrected chi connectivity index (χ0v) is 11.2. The van der Waals surface area contributed by atoms with E-state index < -0.39 is 0 Å². The Kier molecular flexibility index (Phi) is 3.39. The van der Waals surface area contributed by atoms with Crippen molar-refractivity contribution in [2.24, 2.45) is 0 Å². The molecule has 0 bridgehead atoms. The average molecular weight is 272 g/mol. The van der Waals surface area contributed by atoms with E-state index in [0.717, 1.165) is 42.3 Å². The van der Waals surface area contributed by atoms with E-state index in [1.165, 1.54) is 7.11 Å². The van der Waals surface area contributed by atoms with Crippen molar-refractivity contribution < 1.29 is 9.53 Å². The van der Waals surface area contributed by atoms with E-state index in [2.05, 4.69) is 20.8 Å². The SMILES string of the molecule is COC(=O)c1cccc(Nc2n[nH]c3c2CNCC3)c1. The van der Waals surface area contributed by atoms with Crippen molar-refractivity contribution in [2.45, 2.75) is 13.0 Å². The zero-order valence-electron chi connectivity index (χ0n) is 11.2. The van der Waals surface area contributed by atoms with Gasteiger partial charge < -0.3 is 15.4 Å². The fraction of sp³-hybridized carbons (Fsp3) is 0.286. The van der Waals surface area contributed by atoms with Crippen LogP contribution in [0.2, 0.25) is 0 Å². The van der Waals surface area contributed by atoms with Crippen LogP contribution < -0.4 is 10.6 Å². The number of anilines is 2. The molecule has 1 aromatic heterocycles. The third-order valence-corrected chi connectivity index (χ3v) is 3.35. The topological polar surface area (TPSA) is 79.0 Å². The van der Waals surface area contributed by atoms with E-state index in [1.54, 1.807) is 12.1 Å². The predicted octanol–water partition coefficient (Wildman–Crippen LogP) is 1.59. The van der Waals surface area contributed by atoms with Gasteiger partial charge in [-0.1, -0.05) is 6.07 Å². The number of aromatic amines is 1. The smallest absolute Gasteiger partial charge is 0.337 e. The minimum absolute atomic E-state index is 0.348. The predicted molar refractivity (Wildman–Crippen MR) is 75.1 cm³/mol. The van der Waals surface area contributed by atoms with Crippen LogP contribution in [0, 0.1) is 0 Å². The van der Waals surface area contributed by atoms with Crippen LogP contribution in [0.3, 0.4) is 0 Å². The van der Waals surface area contributed by atoms with Gasteiger partial charge in [-0.15, -0.1) is 0 Å². The molecule has 0 saturated carbocycles.